The van der Waals surface area contributed by atoms with Crippen LogP contribution in [0, 0.1) is 0 Å². The van der Waals surface area contributed by atoms with E-state index in [0.29, 0.717) is 18.2 Å². The molecule has 9 heteroatoms. The molecule has 2 aromatic heterocycles. The van der Waals surface area contributed by atoms with Crippen LogP contribution in [0.25, 0.3) is 10.8 Å². The van der Waals surface area contributed by atoms with E-state index in [1.54, 1.807) is 11.9 Å². The van der Waals surface area contributed by atoms with Gasteiger partial charge in [0.1, 0.15) is 12.0 Å². The predicted molar refractivity (Wildman–Crippen MR) is 117 cm³/mol. The molecule has 2 heterocycles. The van der Waals surface area contributed by atoms with Crippen LogP contribution in [0.5, 0.6) is 5.75 Å². The Hall–Kier alpha value is -4.14. The highest BCUT2D eigenvalue weighted by Gasteiger charge is 2.23. The second-order valence-corrected chi connectivity index (χ2v) is 7.06. The smallest absolute Gasteiger partial charge is 0.297 e. The van der Waals surface area contributed by atoms with Gasteiger partial charge in [0.05, 0.1) is 13.3 Å². The van der Waals surface area contributed by atoms with Gasteiger partial charge in [-0.25, -0.2) is 4.98 Å². The van der Waals surface area contributed by atoms with Gasteiger partial charge in [0.25, 0.3) is 11.5 Å². The van der Waals surface area contributed by atoms with Crippen LogP contribution >= 0.6 is 0 Å². The van der Waals surface area contributed by atoms with E-state index < -0.39 is 11.5 Å². The number of hydrogen-bond acceptors (Lipinski definition) is 7. The molecule has 158 valence electrons. The van der Waals surface area contributed by atoms with E-state index in [1.165, 1.54) is 24.1 Å². The maximum atomic E-state index is 12.8. The molecule has 0 spiro atoms. The van der Waals surface area contributed by atoms with E-state index in [-0.39, 0.29) is 11.4 Å². The minimum absolute atomic E-state index is 0.118. The molecule has 0 aliphatic rings. The summed E-state index contributed by atoms with van der Waals surface area (Å²) in [6, 6.07) is 14.3. The fraction of sp³-hybridized carbons (Fsp3) is 0.182. The van der Waals surface area contributed by atoms with Gasteiger partial charge >= 0.3 is 0 Å². The Morgan fingerprint density at radius 2 is 2.00 bits per heavy atom. The average molecular weight is 419 g/mol. The lowest BCUT2D eigenvalue weighted by Gasteiger charge is -2.22. The van der Waals surface area contributed by atoms with Gasteiger partial charge in [0, 0.05) is 20.6 Å². The van der Waals surface area contributed by atoms with Crippen molar-refractivity contribution in [2.24, 2.45) is 7.05 Å². The number of nitrogens with zero attached hydrogens (tertiary/aromatic N) is 4. The summed E-state index contributed by atoms with van der Waals surface area (Å²) in [5, 5.41) is 8.41. The zero-order valence-corrected chi connectivity index (χ0v) is 17.3. The van der Waals surface area contributed by atoms with Gasteiger partial charge in [-0.05, 0) is 22.4 Å². The van der Waals surface area contributed by atoms with Gasteiger partial charge in [-0.1, -0.05) is 41.6 Å². The Bertz CT molecular complexity index is 1300. The van der Waals surface area contributed by atoms with E-state index in [1.807, 2.05) is 31.3 Å². The van der Waals surface area contributed by atoms with Gasteiger partial charge in [-0.2, -0.15) is 0 Å². The Morgan fingerprint density at radius 3 is 2.71 bits per heavy atom. The molecule has 0 fully saturated rings. The van der Waals surface area contributed by atoms with Crippen LogP contribution in [0.2, 0.25) is 0 Å². The highest BCUT2D eigenvalue weighted by molar-refractivity contribution is 6.04. The second-order valence-electron chi connectivity index (χ2n) is 7.06. The predicted octanol–water partition coefficient (Wildman–Crippen LogP) is 2.82. The average Bonchev–Trinajstić information content (AvgIpc) is 3.28. The standard InChI is InChI=1S/C22H21N5O4/c1-26(12-14-8-9-15-6-4-5-7-16(15)10-14)22-25-18(19(30-3)21(29)27(22)2)20(28)24-17-11-23-31-13-17/h4-11,13H,12H2,1-3H3,(H,24,28). The summed E-state index contributed by atoms with van der Waals surface area (Å²) in [6.07, 6.45) is 2.62. The van der Waals surface area contributed by atoms with Crippen LogP contribution in [0.3, 0.4) is 0 Å². The number of nitrogens with one attached hydrogen (secondary N) is 1. The van der Waals surface area contributed by atoms with E-state index in [9.17, 15) is 9.59 Å². The number of benzene rings is 2. The van der Waals surface area contributed by atoms with Crippen LogP contribution in [0.4, 0.5) is 11.6 Å². The maximum Gasteiger partial charge on any atom is 0.297 e. The third-order valence-electron chi connectivity index (χ3n) is 4.91. The Kier molecular flexibility index (Phi) is 5.40. The number of ether oxygens (including phenoxy) is 1. The molecule has 1 N–H and O–H groups in total. The van der Waals surface area contributed by atoms with Gasteiger partial charge in [0.15, 0.2) is 5.69 Å². The molecular formula is C22H21N5O4. The molecule has 0 bridgehead atoms. The zero-order valence-electron chi connectivity index (χ0n) is 17.3. The van der Waals surface area contributed by atoms with Crippen LogP contribution in [0.1, 0.15) is 16.1 Å². The van der Waals surface area contributed by atoms with Crippen molar-refractivity contribution in [1.29, 1.82) is 0 Å². The second kappa shape index (κ2) is 8.31. The van der Waals surface area contributed by atoms with Crippen LogP contribution in [-0.2, 0) is 13.6 Å². The van der Waals surface area contributed by atoms with Crippen LogP contribution < -0.4 is 20.5 Å². The molecule has 9 nitrogen and oxygen atoms in total. The van der Waals surface area contributed by atoms with Gasteiger partial charge in [-0.3, -0.25) is 14.2 Å². The molecule has 1 amide bonds. The first-order chi connectivity index (χ1) is 15.0. The summed E-state index contributed by atoms with van der Waals surface area (Å²) in [5.41, 5.74) is 0.808. The maximum absolute atomic E-state index is 12.8. The lowest BCUT2D eigenvalue weighted by molar-refractivity contribution is 0.101. The number of methoxy groups -OCH3 is 1. The molecule has 0 saturated carbocycles. The van der Waals surface area contributed by atoms with Crippen molar-refractivity contribution >= 4 is 28.3 Å². The van der Waals surface area contributed by atoms with E-state index in [4.69, 9.17) is 9.26 Å². The first kappa shape index (κ1) is 20.1. The minimum Gasteiger partial charge on any atom is -0.489 e. The number of rotatable bonds is 6. The molecule has 0 saturated heterocycles. The number of amides is 1. The monoisotopic (exact) mass is 419 g/mol. The van der Waals surface area contributed by atoms with E-state index >= 15 is 0 Å². The molecular weight excluding hydrogens is 398 g/mol. The summed E-state index contributed by atoms with van der Waals surface area (Å²) < 4.78 is 11.3. The summed E-state index contributed by atoms with van der Waals surface area (Å²) in [7, 11) is 4.73. The van der Waals surface area contributed by atoms with Gasteiger partial charge in [0.2, 0.25) is 11.7 Å². The highest BCUT2D eigenvalue weighted by atomic mass is 16.5. The third-order valence-corrected chi connectivity index (χ3v) is 4.91. The quantitative estimate of drug-likeness (QED) is 0.513. The van der Waals surface area contributed by atoms with Crippen molar-refractivity contribution in [2.75, 3.05) is 24.4 Å². The topological polar surface area (TPSA) is 102 Å². The molecule has 4 aromatic rings. The van der Waals surface area contributed by atoms with Crippen molar-refractivity contribution in [2.45, 2.75) is 6.54 Å². The van der Waals surface area contributed by atoms with Crippen LogP contribution in [0.15, 0.2) is 64.2 Å². The zero-order chi connectivity index (χ0) is 22.0. The van der Waals surface area contributed by atoms with Crippen molar-refractivity contribution in [3.8, 4) is 5.75 Å². The van der Waals surface area contributed by atoms with Crippen molar-refractivity contribution < 1.29 is 14.1 Å². The Morgan fingerprint density at radius 1 is 1.23 bits per heavy atom. The lowest BCUT2D eigenvalue weighted by atomic mass is 10.1. The molecule has 0 unspecified atom stereocenters. The molecule has 0 aliphatic carbocycles. The summed E-state index contributed by atoms with van der Waals surface area (Å²) >= 11 is 0. The fourth-order valence-electron chi connectivity index (χ4n) is 3.39. The molecule has 0 radical (unpaired) electrons. The fourth-order valence-corrected chi connectivity index (χ4v) is 3.39. The van der Waals surface area contributed by atoms with Gasteiger partial charge in [-0.15, -0.1) is 0 Å². The summed E-state index contributed by atoms with van der Waals surface area (Å²) in [4.78, 5) is 31.8. The molecule has 2 aromatic carbocycles. The molecule has 31 heavy (non-hydrogen) atoms. The summed E-state index contributed by atoms with van der Waals surface area (Å²) in [5.74, 6) is -0.410. The number of fused-ring (bicyclic) bond motifs is 1. The third kappa shape index (κ3) is 3.97. The highest BCUT2D eigenvalue weighted by Crippen LogP contribution is 2.21. The number of carbonyl (C=O) groups excluding carboxylic acids is 1. The Balaban J connectivity index is 1.68. The van der Waals surface area contributed by atoms with Crippen molar-refractivity contribution in [3.05, 3.63) is 76.5 Å². The van der Waals surface area contributed by atoms with E-state index in [2.05, 4.69) is 33.7 Å². The molecule has 0 aliphatic heterocycles. The lowest BCUT2D eigenvalue weighted by Crippen LogP contribution is -2.32. The molecule has 4 rings (SSSR count). The number of carbonyl (C=O) groups is 1. The van der Waals surface area contributed by atoms with E-state index in [0.717, 1.165) is 16.3 Å². The first-order valence-electron chi connectivity index (χ1n) is 9.52. The number of anilines is 2. The number of aromatic nitrogens is 3. The Labute approximate surface area is 177 Å². The summed E-state index contributed by atoms with van der Waals surface area (Å²) in [6.45, 7) is 0.490. The van der Waals surface area contributed by atoms with Crippen molar-refractivity contribution in [1.82, 2.24) is 14.7 Å². The minimum atomic E-state index is -0.599. The largest absolute Gasteiger partial charge is 0.489 e. The number of hydrogen-bond donors (Lipinski definition) is 1. The van der Waals surface area contributed by atoms with Gasteiger partial charge < -0.3 is 19.5 Å². The van der Waals surface area contributed by atoms with Crippen molar-refractivity contribution in [3.63, 3.8) is 0 Å². The SMILES string of the molecule is COc1c(C(=O)Nc2cnoc2)nc(N(C)Cc2ccc3ccccc3c2)n(C)c1=O. The first-order valence-corrected chi connectivity index (χ1v) is 9.52. The van der Waals surface area contributed by atoms with Crippen LogP contribution in [-0.4, -0.2) is 34.8 Å². The normalized spacial score (nSPS) is 10.8. The molecule has 0 atom stereocenters.